The summed E-state index contributed by atoms with van der Waals surface area (Å²) >= 11 is 12.1. The summed E-state index contributed by atoms with van der Waals surface area (Å²) in [7, 11) is -3.70. The lowest BCUT2D eigenvalue weighted by atomic mass is 10.2. The van der Waals surface area contributed by atoms with Crippen molar-refractivity contribution in [3.8, 4) is 0 Å². The molecule has 0 aliphatic carbocycles. The molecule has 2 atom stereocenters. The molecule has 1 fully saturated rings. The van der Waals surface area contributed by atoms with Crippen LogP contribution in [0, 0.1) is 0 Å². The van der Waals surface area contributed by atoms with Gasteiger partial charge in [0.05, 0.1) is 11.6 Å². The summed E-state index contributed by atoms with van der Waals surface area (Å²) in [4.78, 5) is 0.0183. The van der Waals surface area contributed by atoms with Crippen LogP contribution in [0.15, 0.2) is 17.0 Å². The number of halogens is 2. The first-order valence-electron chi connectivity index (χ1n) is 6.95. The third kappa shape index (κ3) is 2.94. The Balaban J connectivity index is 2.54. The Morgan fingerprint density at radius 2 is 2.00 bits per heavy atom. The van der Waals surface area contributed by atoms with Crippen LogP contribution in [0.2, 0.25) is 10.0 Å². The van der Waals surface area contributed by atoms with E-state index in [0.29, 0.717) is 0 Å². The van der Waals surface area contributed by atoms with E-state index >= 15 is 0 Å². The van der Waals surface area contributed by atoms with E-state index in [1.807, 2.05) is 13.8 Å². The molecule has 7 heteroatoms. The fourth-order valence-electron chi connectivity index (χ4n) is 2.90. The highest BCUT2D eigenvalue weighted by Gasteiger charge is 2.40. The Bertz CT molecular complexity index is 633. The van der Waals surface area contributed by atoms with Crippen molar-refractivity contribution in [2.24, 2.45) is 0 Å². The van der Waals surface area contributed by atoms with Crippen LogP contribution in [0.3, 0.4) is 0 Å². The highest BCUT2D eigenvalue weighted by Crippen LogP contribution is 2.37. The number of aliphatic hydroxyl groups excluding tert-OH is 1. The first-order chi connectivity index (χ1) is 9.84. The third-order valence-corrected chi connectivity index (χ3v) is 7.05. The SMILES string of the molecule is CCC1CCC(C)N1S(=O)(=O)c1ccc(Cl)c(CO)c1Cl. The van der Waals surface area contributed by atoms with E-state index in [4.69, 9.17) is 23.2 Å². The van der Waals surface area contributed by atoms with Gasteiger partial charge < -0.3 is 5.11 Å². The molecule has 0 amide bonds. The van der Waals surface area contributed by atoms with Crippen molar-refractivity contribution in [2.45, 2.75) is 56.7 Å². The summed E-state index contributed by atoms with van der Waals surface area (Å²) in [6.07, 6.45) is 2.46. The van der Waals surface area contributed by atoms with Gasteiger partial charge in [-0.25, -0.2) is 8.42 Å². The number of rotatable bonds is 4. The van der Waals surface area contributed by atoms with Gasteiger partial charge in [-0.2, -0.15) is 4.31 Å². The summed E-state index contributed by atoms with van der Waals surface area (Å²) in [5, 5.41) is 9.61. The average Bonchev–Trinajstić information content (AvgIpc) is 2.80. The molecule has 2 unspecified atom stereocenters. The molecule has 0 bridgehead atoms. The molecular formula is C14H19Cl2NO3S. The van der Waals surface area contributed by atoms with Crippen molar-refractivity contribution >= 4 is 33.2 Å². The van der Waals surface area contributed by atoms with Crippen LogP contribution in [0.1, 0.15) is 38.7 Å². The van der Waals surface area contributed by atoms with Crippen LogP contribution < -0.4 is 0 Å². The molecule has 0 spiro atoms. The quantitative estimate of drug-likeness (QED) is 0.903. The van der Waals surface area contributed by atoms with E-state index in [1.54, 1.807) is 4.31 Å². The standard InChI is InChI=1S/C14H19Cl2NO3S/c1-3-10-5-4-9(2)17(10)21(19,20)13-7-6-12(15)11(8-18)14(13)16/h6-7,9-10,18H,3-5,8H2,1-2H3. The molecule has 1 heterocycles. The Morgan fingerprint density at radius 1 is 1.33 bits per heavy atom. The van der Waals surface area contributed by atoms with Gasteiger partial charge in [0.1, 0.15) is 4.90 Å². The fourth-order valence-corrected chi connectivity index (χ4v) is 5.72. The Morgan fingerprint density at radius 3 is 2.57 bits per heavy atom. The van der Waals surface area contributed by atoms with Crippen molar-refractivity contribution in [3.05, 3.63) is 27.7 Å². The summed E-state index contributed by atoms with van der Waals surface area (Å²) in [5.41, 5.74) is 0.249. The largest absolute Gasteiger partial charge is 0.392 e. The van der Waals surface area contributed by atoms with E-state index in [1.165, 1.54) is 12.1 Å². The molecular weight excluding hydrogens is 333 g/mol. The molecule has 1 saturated heterocycles. The molecule has 1 aliphatic heterocycles. The third-order valence-electron chi connectivity index (χ3n) is 4.05. The number of sulfonamides is 1. The van der Waals surface area contributed by atoms with Crippen molar-refractivity contribution in [2.75, 3.05) is 0 Å². The highest BCUT2D eigenvalue weighted by molar-refractivity contribution is 7.89. The van der Waals surface area contributed by atoms with Crippen molar-refractivity contribution in [1.82, 2.24) is 4.31 Å². The van der Waals surface area contributed by atoms with Gasteiger partial charge in [-0.15, -0.1) is 0 Å². The van der Waals surface area contributed by atoms with Crippen LogP contribution in [0.5, 0.6) is 0 Å². The van der Waals surface area contributed by atoms with Gasteiger partial charge in [0.15, 0.2) is 0 Å². The average molecular weight is 352 g/mol. The zero-order valence-corrected chi connectivity index (χ0v) is 14.3. The first kappa shape index (κ1) is 17.0. The molecule has 2 rings (SSSR count). The molecule has 0 saturated carbocycles. The topological polar surface area (TPSA) is 57.6 Å². The van der Waals surface area contributed by atoms with E-state index in [0.717, 1.165) is 19.3 Å². The Labute approximate surface area is 135 Å². The maximum absolute atomic E-state index is 12.9. The fraction of sp³-hybridized carbons (Fsp3) is 0.571. The number of hydrogen-bond acceptors (Lipinski definition) is 3. The molecule has 1 aromatic carbocycles. The Kier molecular flexibility index (Phi) is 5.21. The lowest BCUT2D eigenvalue weighted by Gasteiger charge is -2.27. The van der Waals surface area contributed by atoms with Gasteiger partial charge in [0, 0.05) is 22.7 Å². The maximum Gasteiger partial charge on any atom is 0.245 e. The van der Waals surface area contributed by atoms with Crippen LogP contribution in [-0.4, -0.2) is 29.9 Å². The molecule has 21 heavy (non-hydrogen) atoms. The van der Waals surface area contributed by atoms with Gasteiger partial charge in [0.2, 0.25) is 10.0 Å². The lowest BCUT2D eigenvalue weighted by Crippen LogP contribution is -2.39. The van der Waals surface area contributed by atoms with Gasteiger partial charge >= 0.3 is 0 Å². The van der Waals surface area contributed by atoms with Crippen molar-refractivity contribution < 1.29 is 13.5 Å². The van der Waals surface area contributed by atoms with Crippen LogP contribution in [0.4, 0.5) is 0 Å². The number of benzene rings is 1. The van der Waals surface area contributed by atoms with E-state index < -0.39 is 16.6 Å². The molecule has 0 radical (unpaired) electrons. The van der Waals surface area contributed by atoms with Crippen LogP contribution in [0.25, 0.3) is 0 Å². The zero-order valence-electron chi connectivity index (χ0n) is 12.0. The summed E-state index contributed by atoms with van der Waals surface area (Å²) in [5.74, 6) is 0. The minimum atomic E-state index is -3.70. The number of aliphatic hydroxyl groups is 1. The van der Waals surface area contributed by atoms with Crippen molar-refractivity contribution in [3.63, 3.8) is 0 Å². The molecule has 0 aromatic heterocycles. The minimum absolute atomic E-state index is 0.00526. The van der Waals surface area contributed by atoms with E-state index in [2.05, 4.69) is 0 Å². The molecule has 1 N–H and O–H groups in total. The molecule has 4 nitrogen and oxygen atoms in total. The van der Waals surface area contributed by atoms with E-state index in [-0.39, 0.29) is 32.6 Å². The lowest BCUT2D eigenvalue weighted by molar-refractivity contribution is 0.281. The maximum atomic E-state index is 12.9. The summed E-state index contributed by atoms with van der Waals surface area (Å²) in [6.45, 7) is 3.49. The van der Waals surface area contributed by atoms with Gasteiger partial charge in [-0.1, -0.05) is 30.1 Å². The smallest absolute Gasteiger partial charge is 0.245 e. The predicted molar refractivity (Wildman–Crippen MR) is 84.2 cm³/mol. The van der Waals surface area contributed by atoms with Gasteiger partial charge in [-0.3, -0.25) is 0 Å². The number of nitrogens with zero attached hydrogens (tertiary/aromatic N) is 1. The van der Waals surface area contributed by atoms with Gasteiger partial charge in [-0.05, 0) is 38.3 Å². The van der Waals surface area contributed by atoms with Crippen LogP contribution >= 0.6 is 23.2 Å². The molecule has 1 aromatic rings. The molecule has 1 aliphatic rings. The van der Waals surface area contributed by atoms with Crippen molar-refractivity contribution in [1.29, 1.82) is 0 Å². The minimum Gasteiger partial charge on any atom is -0.392 e. The highest BCUT2D eigenvalue weighted by atomic mass is 35.5. The summed E-state index contributed by atoms with van der Waals surface area (Å²) in [6, 6.07) is 2.82. The normalized spacial score (nSPS) is 23.7. The number of hydrogen-bond donors (Lipinski definition) is 1. The predicted octanol–water partition coefficient (Wildman–Crippen LogP) is 3.44. The second-order valence-electron chi connectivity index (χ2n) is 5.32. The van der Waals surface area contributed by atoms with Crippen LogP contribution in [-0.2, 0) is 16.6 Å². The van der Waals surface area contributed by atoms with E-state index in [9.17, 15) is 13.5 Å². The second-order valence-corrected chi connectivity index (χ2v) is 7.92. The molecule has 118 valence electrons. The zero-order chi connectivity index (χ0) is 15.8. The summed E-state index contributed by atoms with van der Waals surface area (Å²) < 4.78 is 27.4. The second kappa shape index (κ2) is 6.42. The monoisotopic (exact) mass is 351 g/mol. The van der Waals surface area contributed by atoms with Gasteiger partial charge in [0.25, 0.3) is 0 Å². The first-order valence-corrected chi connectivity index (χ1v) is 9.15. The Hall–Kier alpha value is -0.330.